The Hall–Kier alpha value is -2.03. The normalized spacial score (nSPS) is 19.9. The standard InChI is InChI=1S/C18H25N3O5.ClH/c1-24-14-9-13(10-15(11-14)25-2)17(22)20-4-6-21(7-5-20)18(23)16-12-19-3-8-26-16;/h9-11,16,19H,3-8,12H2,1-2H3;1H. The highest BCUT2D eigenvalue weighted by atomic mass is 35.5. The number of hydrogen-bond acceptors (Lipinski definition) is 6. The predicted molar refractivity (Wildman–Crippen MR) is 102 cm³/mol. The van der Waals surface area contributed by atoms with Gasteiger partial charge in [-0.05, 0) is 12.1 Å². The summed E-state index contributed by atoms with van der Waals surface area (Å²) in [6.45, 7) is 3.86. The van der Waals surface area contributed by atoms with Gasteiger partial charge in [0.05, 0.1) is 20.8 Å². The molecule has 1 N–H and O–H groups in total. The molecule has 2 amide bonds. The van der Waals surface area contributed by atoms with Crippen LogP contribution in [0.5, 0.6) is 11.5 Å². The van der Waals surface area contributed by atoms with E-state index in [1.165, 1.54) is 0 Å². The molecule has 0 aliphatic carbocycles. The monoisotopic (exact) mass is 399 g/mol. The number of methoxy groups -OCH3 is 2. The van der Waals surface area contributed by atoms with Gasteiger partial charge in [-0.3, -0.25) is 9.59 Å². The quantitative estimate of drug-likeness (QED) is 0.789. The number of carbonyl (C=O) groups is 2. The van der Waals surface area contributed by atoms with E-state index in [0.29, 0.717) is 56.4 Å². The van der Waals surface area contributed by atoms with Crippen LogP contribution >= 0.6 is 12.4 Å². The molecule has 27 heavy (non-hydrogen) atoms. The molecule has 2 aliphatic rings. The third kappa shape index (κ3) is 5.03. The summed E-state index contributed by atoms with van der Waals surface area (Å²) in [5, 5.41) is 3.16. The smallest absolute Gasteiger partial charge is 0.254 e. The Balaban J connectivity index is 0.00000261. The lowest BCUT2D eigenvalue weighted by Crippen LogP contribution is -2.56. The van der Waals surface area contributed by atoms with Crippen LogP contribution in [0.15, 0.2) is 18.2 Å². The van der Waals surface area contributed by atoms with Gasteiger partial charge < -0.3 is 29.3 Å². The van der Waals surface area contributed by atoms with Crippen LogP contribution in [0, 0.1) is 0 Å². The Morgan fingerprint density at radius 1 is 1.04 bits per heavy atom. The Bertz CT molecular complexity index is 636. The fraction of sp³-hybridized carbons (Fsp3) is 0.556. The Morgan fingerprint density at radius 2 is 1.63 bits per heavy atom. The molecule has 2 aliphatic heterocycles. The van der Waals surface area contributed by atoms with Crippen molar-refractivity contribution in [3.05, 3.63) is 23.8 Å². The van der Waals surface area contributed by atoms with Gasteiger partial charge in [-0.2, -0.15) is 0 Å². The van der Waals surface area contributed by atoms with Crippen molar-refractivity contribution in [3.63, 3.8) is 0 Å². The molecular formula is C18H26ClN3O5. The van der Waals surface area contributed by atoms with Gasteiger partial charge in [0.1, 0.15) is 17.6 Å². The first-order valence-corrected chi connectivity index (χ1v) is 8.76. The number of amides is 2. The summed E-state index contributed by atoms with van der Waals surface area (Å²) >= 11 is 0. The van der Waals surface area contributed by atoms with Gasteiger partial charge in [-0.15, -0.1) is 12.4 Å². The van der Waals surface area contributed by atoms with E-state index in [1.54, 1.807) is 42.2 Å². The lowest BCUT2D eigenvalue weighted by atomic mass is 10.1. The lowest BCUT2D eigenvalue weighted by Gasteiger charge is -2.37. The molecule has 9 heteroatoms. The van der Waals surface area contributed by atoms with Crippen LogP contribution < -0.4 is 14.8 Å². The number of nitrogens with one attached hydrogen (secondary N) is 1. The number of halogens is 1. The summed E-state index contributed by atoms with van der Waals surface area (Å²) in [5.74, 6) is 1.05. The Labute approximate surface area is 165 Å². The van der Waals surface area contributed by atoms with Crippen molar-refractivity contribution in [2.24, 2.45) is 0 Å². The second kappa shape index (κ2) is 9.77. The summed E-state index contributed by atoms with van der Waals surface area (Å²) < 4.78 is 16.0. The molecule has 2 saturated heterocycles. The highest BCUT2D eigenvalue weighted by Gasteiger charge is 2.30. The maximum absolute atomic E-state index is 12.8. The molecule has 0 bridgehead atoms. The minimum absolute atomic E-state index is 0. The second-order valence-corrected chi connectivity index (χ2v) is 6.28. The molecule has 1 unspecified atom stereocenters. The number of hydrogen-bond donors (Lipinski definition) is 1. The van der Waals surface area contributed by atoms with E-state index in [9.17, 15) is 9.59 Å². The SMILES string of the molecule is COc1cc(OC)cc(C(=O)N2CCN(C(=O)C3CNCCO3)CC2)c1.Cl. The first kappa shape index (κ1) is 21.3. The van der Waals surface area contributed by atoms with Gasteiger partial charge in [0.25, 0.3) is 11.8 Å². The number of nitrogens with zero attached hydrogens (tertiary/aromatic N) is 2. The highest BCUT2D eigenvalue weighted by molar-refractivity contribution is 5.95. The van der Waals surface area contributed by atoms with Gasteiger partial charge in [0, 0.05) is 50.9 Å². The molecule has 0 aromatic heterocycles. The van der Waals surface area contributed by atoms with Gasteiger partial charge >= 0.3 is 0 Å². The number of rotatable bonds is 4. The zero-order valence-electron chi connectivity index (χ0n) is 15.6. The molecule has 2 fully saturated rings. The fourth-order valence-electron chi connectivity index (χ4n) is 3.17. The average molecular weight is 400 g/mol. The molecule has 1 aromatic rings. The predicted octanol–water partition coefficient (Wildman–Crippen LogP) is 0.398. The van der Waals surface area contributed by atoms with E-state index in [0.717, 1.165) is 6.54 Å². The van der Waals surface area contributed by atoms with Crippen molar-refractivity contribution < 1.29 is 23.8 Å². The van der Waals surface area contributed by atoms with E-state index in [4.69, 9.17) is 14.2 Å². The molecule has 0 saturated carbocycles. The number of ether oxygens (including phenoxy) is 3. The Kier molecular flexibility index (Phi) is 7.70. The zero-order valence-corrected chi connectivity index (χ0v) is 16.4. The van der Waals surface area contributed by atoms with Crippen LogP contribution in [0.3, 0.4) is 0 Å². The van der Waals surface area contributed by atoms with Crippen LogP contribution in [-0.4, -0.2) is 87.8 Å². The molecular weight excluding hydrogens is 374 g/mol. The van der Waals surface area contributed by atoms with Crippen molar-refractivity contribution in [1.29, 1.82) is 0 Å². The first-order chi connectivity index (χ1) is 12.6. The molecule has 2 heterocycles. The topological polar surface area (TPSA) is 80.3 Å². The number of morpholine rings is 1. The minimum atomic E-state index is -0.423. The summed E-state index contributed by atoms with van der Waals surface area (Å²) in [7, 11) is 3.10. The summed E-state index contributed by atoms with van der Waals surface area (Å²) in [5.41, 5.74) is 0.515. The molecule has 1 aromatic carbocycles. The largest absolute Gasteiger partial charge is 0.497 e. The summed E-state index contributed by atoms with van der Waals surface area (Å²) in [6.07, 6.45) is -0.423. The maximum atomic E-state index is 12.8. The van der Waals surface area contributed by atoms with Crippen molar-refractivity contribution in [2.45, 2.75) is 6.10 Å². The fourth-order valence-corrected chi connectivity index (χ4v) is 3.17. The van der Waals surface area contributed by atoms with E-state index >= 15 is 0 Å². The van der Waals surface area contributed by atoms with Crippen molar-refractivity contribution in [1.82, 2.24) is 15.1 Å². The third-order valence-electron chi connectivity index (χ3n) is 4.68. The second-order valence-electron chi connectivity index (χ2n) is 6.28. The number of carbonyl (C=O) groups excluding carboxylic acids is 2. The van der Waals surface area contributed by atoms with E-state index < -0.39 is 6.10 Å². The Morgan fingerprint density at radius 3 is 2.15 bits per heavy atom. The van der Waals surface area contributed by atoms with E-state index in [1.807, 2.05) is 0 Å². The van der Waals surface area contributed by atoms with Crippen LogP contribution in [0.25, 0.3) is 0 Å². The average Bonchev–Trinajstić information content (AvgIpc) is 2.73. The van der Waals surface area contributed by atoms with Crippen molar-refractivity contribution in [3.8, 4) is 11.5 Å². The molecule has 1 atom stereocenters. The van der Waals surface area contributed by atoms with Crippen LogP contribution in [0.4, 0.5) is 0 Å². The van der Waals surface area contributed by atoms with Crippen LogP contribution in [0.2, 0.25) is 0 Å². The van der Waals surface area contributed by atoms with E-state index in [-0.39, 0.29) is 24.2 Å². The van der Waals surface area contributed by atoms with Gasteiger partial charge in [-0.1, -0.05) is 0 Å². The molecule has 150 valence electrons. The zero-order chi connectivity index (χ0) is 18.5. The summed E-state index contributed by atoms with van der Waals surface area (Å²) in [4.78, 5) is 28.8. The number of benzene rings is 1. The van der Waals surface area contributed by atoms with Crippen LogP contribution in [0.1, 0.15) is 10.4 Å². The third-order valence-corrected chi connectivity index (χ3v) is 4.68. The molecule has 8 nitrogen and oxygen atoms in total. The lowest BCUT2D eigenvalue weighted by molar-refractivity contribution is -0.146. The molecule has 0 radical (unpaired) electrons. The molecule has 3 rings (SSSR count). The van der Waals surface area contributed by atoms with Gasteiger partial charge in [0.2, 0.25) is 0 Å². The van der Waals surface area contributed by atoms with Crippen molar-refractivity contribution in [2.75, 3.05) is 60.1 Å². The first-order valence-electron chi connectivity index (χ1n) is 8.76. The minimum Gasteiger partial charge on any atom is -0.497 e. The van der Waals surface area contributed by atoms with Gasteiger partial charge in [0.15, 0.2) is 0 Å². The number of piperazine rings is 1. The van der Waals surface area contributed by atoms with Crippen LogP contribution in [-0.2, 0) is 9.53 Å². The molecule has 0 spiro atoms. The highest BCUT2D eigenvalue weighted by Crippen LogP contribution is 2.24. The van der Waals surface area contributed by atoms with E-state index in [2.05, 4.69) is 5.32 Å². The van der Waals surface area contributed by atoms with Gasteiger partial charge in [-0.25, -0.2) is 0 Å². The maximum Gasteiger partial charge on any atom is 0.254 e. The van der Waals surface area contributed by atoms with Crippen molar-refractivity contribution >= 4 is 24.2 Å². The summed E-state index contributed by atoms with van der Waals surface area (Å²) in [6, 6.07) is 5.12.